The Morgan fingerprint density at radius 1 is 0.750 bits per heavy atom. The average Bonchev–Trinajstić information content (AvgIpc) is 2.54. The molecule has 24 heavy (non-hydrogen) atoms. The Kier molecular flexibility index (Phi) is 7.69. The predicted octanol–water partition coefficient (Wildman–Crippen LogP) is 5.92. The van der Waals surface area contributed by atoms with E-state index in [2.05, 4.69) is 0 Å². The van der Waals surface area contributed by atoms with E-state index in [0.29, 0.717) is 23.3 Å². The third-order valence-corrected chi connectivity index (χ3v) is 3.64. The average molecular weight is 336 g/mol. The normalized spacial score (nSPS) is 10.4. The van der Waals surface area contributed by atoms with Gasteiger partial charge < -0.3 is 9.47 Å². The first-order valence-corrected chi connectivity index (χ1v) is 7.96. The topological polar surface area (TPSA) is 18.5 Å². The van der Waals surface area contributed by atoms with Gasteiger partial charge in [-0.3, -0.25) is 0 Å². The lowest BCUT2D eigenvalue weighted by Gasteiger charge is -2.07. The zero-order valence-corrected chi connectivity index (χ0v) is 15.2. The molecule has 2 aromatic carbocycles. The molecule has 0 saturated carbocycles. The largest absolute Gasteiger partial charge is 0.497 e. The third-order valence-electron chi connectivity index (χ3n) is 3.64. The molecule has 2 rings (SSSR count). The Morgan fingerprint density at radius 3 is 1.83 bits per heavy atom. The van der Waals surface area contributed by atoms with Crippen LogP contribution in [0.25, 0.3) is 0 Å². The lowest BCUT2D eigenvalue weighted by Crippen LogP contribution is -1.92. The Labute approximate surface area is 143 Å². The molecule has 0 amide bonds. The molecule has 0 fully saturated rings. The zero-order chi connectivity index (χ0) is 18.3. The van der Waals surface area contributed by atoms with Crippen LogP contribution in [0.5, 0.6) is 11.5 Å². The van der Waals surface area contributed by atoms with Crippen molar-refractivity contribution in [2.24, 2.45) is 0 Å². The Balaban J connectivity index is 0.000000240. The number of halogens is 2. The van der Waals surface area contributed by atoms with Gasteiger partial charge in [0.25, 0.3) is 0 Å². The molecule has 0 aromatic heterocycles. The van der Waals surface area contributed by atoms with E-state index in [-0.39, 0.29) is 11.6 Å². The first kappa shape index (κ1) is 19.9. The molecule has 0 N–H and O–H groups in total. The van der Waals surface area contributed by atoms with E-state index in [1.807, 2.05) is 39.8 Å². The van der Waals surface area contributed by atoms with Crippen molar-refractivity contribution in [2.75, 3.05) is 14.2 Å². The highest BCUT2D eigenvalue weighted by molar-refractivity contribution is 5.31. The van der Waals surface area contributed by atoms with Crippen LogP contribution in [0.15, 0.2) is 36.4 Å². The van der Waals surface area contributed by atoms with Crippen LogP contribution in [0.4, 0.5) is 8.78 Å². The van der Waals surface area contributed by atoms with Gasteiger partial charge >= 0.3 is 0 Å². The van der Waals surface area contributed by atoms with Gasteiger partial charge in [0, 0.05) is 6.07 Å². The summed E-state index contributed by atoms with van der Waals surface area (Å²) in [6, 6.07) is 9.83. The molecule has 0 aliphatic heterocycles. The van der Waals surface area contributed by atoms with Gasteiger partial charge in [0.2, 0.25) is 0 Å². The van der Waals surface area contributed by atoms with Gasteiger partial charge in [0.05, 0.1) is 14.2 Å². The smallest absolute Gasteiger partial charge is 0.165 e. The molecule has 2 aromatic rings. The zero-order valence-electron chi connectivity index (χ0n) is 15.2. The van der Waals surface area contributed by atoms with Crippen molar-refractivity contribution in [1.29, 1.82) is 0 Å². The van der Waals surface area contributed by atoms with Gasteiger partial charge in [-0.15, -0.1) is 0 Å². The Hall–Kier alpha value is -2.10. The maximum absolute atomic E-state index is 13.1. The summed E-state index contributed by atoms with van der Waals surface area (Å²) in [5.74, 6) is 1.04. The first-order valence-electron chi connectivity index (χ1n) is 7.96. The summed E-state index contributed by atoms with van der Waals surface area (Å²) in [7, 11) is 3.01. The Bertz CT molecular complexity index is 652. The quantitative estimate of drug-likeness (QED) is 0.690. The van der Waals surface area contributed by atoms with Crippen molar-refractivity contribution >= 4 is 0 Å². The van der Waals surface area contributed by atoms with E-state index >= 15 is 0 Å². The number of benzene rings is 2. The minimum atomic E-state index is -0.288. The Morgan fingerprint density at radius 2 is 1.38 bits per heavy atom. The highest BCUT2D eigenvalue weighted by Crippen LogP contribution is 2.22. The van der Waals surface area contributed by atoms with Crippen LogP contribution in [0.3, 0.4) is 0 Å². The maximum atomic E-state index is 13.1. The van der Waals surface area contributed by atoms with Crippen molar-refractivity contribution in [1.82, 2.24) is 0 Å². The van der Waals surface area contributed by atoms with Crippen molar-refractivity contribution in [3.8, 4) is 11.5 Å². The molecular weight excluding hydrogens is 310 g/mol. The summed E-state index contributed by atoms with van der Waals surface area (Å²) >= 11 is 0. The number of ether oxygens (including phenoxy) is 2. The number of hydrogen-bond donors (Lipinski definition) is 0. The maximum Gasteiger partial charge on any atom is 0.165 e. The molecule has 0 atom stereocenters. The summed E-state index contributed by atoms with van der Waals surface area (Å²) < 4.78 is 35.7. The SMILES string of the molecule is COc1cc(F)cc(C(C)C)c1.COc1ccc(C(C)C)cc1F. The molecule has 2 nitrogen and oxygen atoms in total. The van der Waals surface area contributed by atoms with Gasteiger partial charge in [0.1, 0.15) is 11.6 Å². The summed E-state index contributed by atoms with van der Waals surface area (Å²) in [5.41, 5.74) is 1.96. The molecule has 0 unspecified atom stereocenters. The minimum Gasteiger partial charge on any atom is -0.497 e. The fourth-order valence-corrected chi connectivity index (χ4v) is 2.08. The highest BCUT2D eigenvalue weighted by Gasteiger charge is 2.05. The molecule has 0 saturated heterocycles. The highest BCUT2D eigenvalue weighted by atomic mass is 19.1. The van der Waals surface area contributed by atoms with E-state index in [1.165, 1.54) is 25.3 Å². The summed E-state index contributed by atoms with van der Waals surface area (Å²) in [5, 5.41) is 0. The lowest BCUT2D eigenvalue weighted by molar-refractivity contribution is 0.386. The standard InChI is InChI=1S/2C10H13FO/c1-7(2)8-4-9(11)6-10(5-8)12-3;1-7(2)8-4-5-10(12-3)9(11)6-8/h2*4-7H,1-3H3. The van der Waals surface area contributed by atoms with Gasteiger partial charge in [-0.2, -0.15) is 0 Å². The minimum absolute atomic E-state index is 0.238. The van der Waals surface area contributed by atoms with Gasteiger partial charge in [-0.05, 0) is 47.2 Å². The first-order chi connectivity index (χ1) is 11.3. The summed E-state index contributed by atoms with van der Waals surface area (Å²) in [6.45, 7) is 8.10. The number of hydrogen-bond acceptors (Lipinski definition) is 2. The van der Waals surface area contributed by atoms with Crippen LogP contribution in [0, 0.1) is 11.6 Å². The molecule has 4 heteroatoms. The summed E-state index contributed by atoms with van der Waals surface area (Å²) in [6.07, 6.45) is 0. The van der Waals surface area contributed by atoms with Crippen LogP contribution in [-0.2, 0) is 0 Å². The number of methoxy groups -OCH3 is 2. The third kappa shape index (κ3) is 5.84. The van der Waals surface area contributed by atoms with Crippen LogP contribution in [0.2, 0.25) is 0 Å². The predicted molar refractivity (Wildman–Crippen MR) is 94.1 cm³/mol. The van der Waals surface area contributed by atoms with Gasteiger partial charge in [-0.1, -0.05) is 33.8 Å². The van der Waals surface area contributed by atoms with Crippen LogP contribution >= 0.6 is 0 Å². The molecule has 0 spiro atoms. The number of rotatable bonds is 4. The van der Waals surface area contributed by atoms with Gasteiger partial charge in [-0.25, -0.2) is 8.78 Å². The van der Waals surface area contributed by atoms with Crippen molar-refractivity contribution < 1.29 is 18.3 Å². The monoisotopic (exact) mass is 336 g/mol. The second-order valence-corrected chi connectivity index (χ2v) is 6.13. The van der Waals surface area contributed by atoms with E-state index in [9.17, 15) is 8.78 Å². The van der Waals surface area contributed by atoms with Crippen LogP contribution in [-0.4, -0.2) is 14.2 Å². The van der Waals surface area contributed by atoms with Crippen LogP contribution in [0.1, 0.15) is 50.7 Å². The van der Waals surface area contributed by atoms with E-state index in [1.54, 1.807) is 13.2 Å². The molecular formula is C20H26F2O2. The molecule has 0 aliphatic carbocycles. The van der Waals surface area contributed by atoms with E-state index in [4.69, 9.17) is 9.47 Å². The fraction of sp³-hybridized carbons (Fsp3) is 0.400. The van der Waals surface area contributed by atoms with E-state index in [0.717, 1.165) is 11.1 Å². The lowest BCUT2D eigenvalue weighted by atomic mass is 10.0. The molecule has 0 aliphatic rings. The van der Waals surface area contributed by atoms with E-state index < -0.39 is 0 Å². The molecule has 132 valence electrons. The second-order valence-electron chi connectivity index (χ2n) is 6.13. The molecule has 0 heterocycles. The van der Waals surface area contributed by atoms with Crippen LogP contribution < -0.4 is 9.47 Å². The summed E-state index contributed by atoms with van der Waals surface area (Å²) in [4.78, 5) is 0. The van der Waals surface area contributed by atoms with Crippen molar-refractivity contribution in [2.45, 2.75) is 39.5 Å². The van der Waals surface area contributed by atoms with Crippen molar-refractivity contribution in [3.63, 3.8) is 0 Å². The fourth-order valence-electron chi connectivity index (χ4n) is 2.08. The van der Waals surface area contributed by atoms with Crippen molar-refractivity contribution in [3.05, 3.63) is 59.2 Å². The molecule has 0 bridgehead atoms. The molecule has 0 radical (unpaired) electrons. The second kappa shape index (κ2) is 9.26. The van der Waals surface area contributed by atoms with Gasteiger partial charge in [0.15, 0.2) is 11.6 Å².